The highest BCUT2D eigenvalue weighted by Crippen LogP contribution is 2.31. The fraction of sp³-hybridized carbons (Fsp3) is 0.640. The van der Waals surface area contributed by atoms with E-state index in [1.54, 1.807) is 5.01 Å². The zero-order valence-electron chi connectivity index (χ0n) is 21.7. The van der Waals surface area contributed by atoms with Gasteiger partial charge in [-0.3, -0.25) is 14.4 Å². The Morgan fingerprint density at radius 3 is 2.19 bits per heavy atom. The molecule has 1 aromatic carbocycles. The normalized spacial score (nSPS) is 21.6. The number of carbonyl (C=O) groups excluding carboxylic acids is 3. The number of amides is 2. The molecule has 0 saturated carbocycles. The van der Waals surface area contributed by atoms with Crippen LogP contribution in [0.15, 0.2) is 30.3 Å². The second-order valence-electron chi connectivity index (χ2n) is 9.79. The molecule has 0 spiro atoms. The number of Topliss-reactive ketones (excluding diaryl/α,β-unsaturated/α-hetero) is 1. The summed E-state index contributed by atoms with van der Waals surface area (Å²) in [5.41, 5.74) is 2.99. The molecule has 36 heavy (non-hydrogen) atoms. The van der Waals surface area contributed by atoms with E-state index in [2.05, 4.69) is 36.8 Å². The first-order valence-electron chi connectivity index (χ1n) is 12.4. The van der Waals surface area contributed by atoms with Crippen LogP contribution < -0.4 is 16.1 Å². The molecule has 2 aliphatic rings. The summed E-state index contributed by atoms with van der Waals surface area (Å²) in [7, 11) is -3.01. The molecule has 2 heterocycles. The first-order chi connectivity index (χ1) is 17.0. The van der Waals surface area contributed by atoms with Crippen LogP contribution in [-0.4, -0.2) is 87.0 Å². The van der Waals surface area contributed by atoms with Gasteiger partial charge in [0.25, 0.3) is 0 Å². The van der Waals surface area contributed by atoms with Gasteiger partial charge in [0, 0.05) is 23.8 Å². The van der Waals surface area contributed by atoms with Gasteiger partial charge in [-0.1, -0.05) is 58.0 Å². The molecule has 2 aliphatic heterocycles. The van der Waals surface area contributed by atoms with Gasteiger partial charge in [-0.05, 0) is 17.9 Å². The molecule has 3 N–H and O–H groups in total. The molecule has 1 aromatic rings. The van der Waals surface area contributed by atoms with Crippen molar-refractivity contribution in [3.8, 4) is 0 Å². The lowest BCUT2D eigenvalue weighted by molar-refractivity contribution is -0.131. The minimum Gasteiger partial charge on any atom is -0.361 e. The Morgan fingerprint density at radius 2 is 1.67 bits per heavy atom. The topological polar surface area (TPSA) is 137 Å². The quantitative estimate of drug-likeness (QED) is 0.363. The van der Waals surface area contributed by atoms with E-state index in [-0.39, 0.29) is 41.1 Å². The van der Waals surface area contributed by atoms with Gasteiger partial charge in [0.05, 0.1) is 31.2 Å². The first-order valence-corrected chi connectivity index (χ1v) is 14.3. The first kappa shape index (κ1) is 29.9. The van der Waals surface area contributed by atoms with Crippen molar-refractivity contribution in [2.75, 3.05) is 44.3 Å². The number of hydrazine groups is 1. The number of rotatable bonds is 11. The molecule has 208 valence electrons. The van der Waals surface area contributed by atoms with E-state index in [1.807, 2.05) is 37.3 Å². The van der Waals surface area contributed by atoms with E-state index >= 15 is 0 Å². The Hall–Kier alpha value is -2.34. The van der Waals surface area contributed by atoms with E-state index in [9.17, 15) is 22.8 Å². The second kappa shape index (κ2) is 13.8. The van der Waals surface area contributed by atoms with Gasteiger partial charge in [0.1, 0.15) is 6.04 Å². The zero-order chi connectivity index (χ0) is 26.8. The van der Waals surface area contributed by atoms with Gasteiger partial charge >= 0.3 is 0 Å². The van der Waals surface area contributed by atoms with Crippen molar-refractivity contribution in [3.63, 3.8) is 0 Å². The molecule has 2 amide bonds. The third-order valence-corrected chi connectivity index (χ3v) is 7.35. The highest BCUT2D eigenvalue weighted by molar-refractivity contribution is 7.91. The third-order valence-electron chi connectivity index (χ3n) is 5.74. The lowest BCUT2D eigenvalue weighted by atomic mass is 10.0. The number of hydrogen-bond acceptors (Lipinski definition) is 8. The monoisotopic (exact) mass is 530 g/mol. The largest absolute Gasteiger partial charge is 0.361 e. The smallest absolute Gasteiger partial charge is 0.243 e. The maximum Gasteiger partial charge on any atom is 0.243 e. The van der Waals surface area contributed by atoms with Gasteiger partial charge in [-0.25, -0.2) is 18.9 Å². The average Bonchev–Trinajstić information content (AvgIpc) is 3.63. The summed E-state index contributed by atoms with van der Waals surface area (Å²) in [5.74, 6) is -0.127. The van der Waals surface area contributed by atoms with Gasteiger partial charge in [-0.15, -0.1) is 0 Å². The number of ether oxygens (including phenoxy) is 1. The van der Waals surface area contributed by atoms with Gasteiger partial charge in [0.15, 0.2) is 21.2 Å². The van der Waals surface area contributed by atoms with Crippen molar-refractivity contribution >= 4 is 27.4 Å². The Bertz CT molecular complexity index is 978. The summed E-state index contributed by atoms with van der Waals surface area (Å²) in [6.45, 7) is 9.07. The van der Waals surface area contributed by atoms with Crippen LogP contribution in [0.3, 0.4) is 0 Å². The Labute approximate surface area is 218 Å². The summed E-state index contributed by atoms with van der Waals surface area (Å²) >= 11 is 0. The predicted molar refractivity (Wildman–Crippen MR) is 144 cm³/mol. The van der Waals surface area contributed by atoms with Crippen molar-refractivity contribution in [1.82, 2.24) is 21.1 Å². The molecule has 0 bridgehead atoms. The van der Waals surface area contributed by atoms with Gasteiger partial charge in [0.2, 0.25) is 11.8 Å². The Kier molecular flexibility index (Phi) is 11.5. The molecular formula is C25H46N4O6S. The number of benzene rings is 1. The fourth-order valence-electron chi connectivity index (χ4n) is 3.46. The van der Waals surface area contributed by atoms with E-state index in [0.29, 0.717) is 26.1 Å². The molecule has 3 rings (SSSR count). The summed E-state index contributed by atoms with van der Waals surface area (Å²) in [6, 6.07) is 8.40. The number of ketones is 1. The number of epoxide rings is 1. The Morgan fingerprint density at radius 1 is 1.08 bits per heavy atom. The van der Waals surface area contributed by atoms with Crippen molar-refractivity contribution < 1.29 is 31.8 Å². The molecule has 0 aliphatic carbocycles. The van der Waals surface area contributed by atoms with E-state index in [0.717, 1.165) is 11.5 Å². The van der Waals surface area contributed by atoms with Gasteiger partial charge < -0.3 is 15.4 Å². The van der Waals surface area contributed by atoms with Crippen LogP contribution in [0, 0.1) is 5.92 Å². The number of hydrogen-bond donors (Lipinski definition) is 3. The minimum absolute atomic E-state index is 0. The second-order valence-corrected chi connectivity index (χ2v) is 12.1. The molecule has 10 nitrogen and oxygen atoms in total. The van der Waals surface area contributed by atoms with Crippen LogP contribution in [0.25, 0.3) is 0 Å². The van der Waals surface area contributed by atoms with Crippen LogP contribution in [0.4, 0.5) is 0 Å². The summed E-state index contributed by atoms with van der Waals surface area (Å²) < 4.78 is 28.3. The summed E-state index contributed by atoms with van der Waals surface area (Å²) in [4.78, 5) is 37.6. The number of nitrogens with zero attached hydrogens (tertiary/aromatic N) is 1. The molecule has 0 aromatic heterocycles. The molecule has 2 atom stereocenters. The Balaban J connectivity index is 0. The van der Waals surface area contributed by atoms with E-state index in [1.165, 1.54) is 0 Å². The van der Waals surface area contributed by atoms with Crippen molar-refractivity contribution in [3.05, 3.63) is 35.9 Å². The van der Waals surface area contributed by atoms with E-state index < -0.39 is 33.3 Å². The maximum atomic E-state index is 12.8. The zero-order valence-corrected chi connectivity index (χ0v) is 22.5. The van der Waals surface area contributed by atoms with Crippen LogP contribution in [0.1, 0.15) is 44.0 Å². The molecule has 2 fully saturated rings. The standard InChI is InChI=1S/C21H30N4O6S.C4H10.3H2/c1-2-21(15-31-21)18(26)13-22-20(28)17(12-16-6-4-3-5-7-16)24-19(27)14-23-25-8-10-32(29,30)11-9-25;1-4(2)3;;;/h3-7,17,23H,2,8-15H2,1H3,(H,22,28)(H,24,27);4H,1-3H3;3*1H/t17-,21+;;;;/m0..../s1. The van der Waals surface area contributed by atoms with Crippen molar-refractivity contribution in [2.45, 2.75) is 52.2 Å². The van der Waals surface area contributed by atoms with Crippen LogP contribution in [0.5, 0.6) is 0 Å². The molecule has 11 heteroatoms. The van der Waals surface area contributed by atoms with E-state index in [4.69, 9.17) is 4.74 Å². The fourth-order valence-corrected chi connectivity index (χ4v) is 4.66. The minimum atomic E-state index is -3.01. The molecular weight excluding hydrogens is 484 g/mol. The molecule has 0 unspecified atom stereocenters. The number of sulfone groups is 1. The molecule has 2 saturated heterocycles. The lowest BCUT2D eigenvalue weighted by Crippen LogP contribution is -2.54. The highest BCUT2D eigenvalue weighted by atomic mass is 32.2. The lowest BCUT2D eigenvalue weighted by Gasteiger charge is -2.27. The summed E-state index contributed by atoms with van der Waals surface area (Å²) in [6.07, 6.45) is 0.819. The maximum absolute atomic E-state index is 12.8. The van der Waals surface area contributed by atoms with Gasteiger partial charge in [-0.2, -0.15) is 0 Å². The van der Waals surface area contributed by atoms with Crippen molar-refractivity contribution in [1.29, 1.82) is 0 Å². The van der Waals surface area contributed by atoms with Crippen LogP contribution in [0.2, 0.25) is 0 Å². The number of nitrogens with one attached hydrogen (secondary N) is 3. The van der Waals surface area contributed by atoms with Crippen LogP contribution >= 0.6 is 0 Å². The summed E-state index contributed by atoms with van der Waals surface area (Å²) in [5, 5.41) is 7.02. The number of carbonyl (C=O) groups is 3. The SMILES string of the molecule is CC(C)C.CC[C@]1(C(=O)CNC(=O)[C@H](Cc2ccccc2)NC(=O)CNN2CCS(=O)(=O)CC2)CO1.[HH].[HH].[HH]. The van der Waals surface area contributed by atoms with Crippen molar-refractivity contribution in [2.24, 2.45) is 5.92 Å². The highest BCUT2D eigenvalue weighted by Gasteiger charge is 2.49. The third kappa shape index (κ3) is 10.3. The van der Waals surface area contributed by atoms with Crippen LogP contribution in [-0.2, 0) is 35.4 Å². The molecule has 0 radical (unpaired) electrons. The average molecular weight is 531 g/mol. The predicted octanol–water partition coefficient (Wildman–Crippen LogP) is 1.21.